The van der Waals surface area contributed by atoms with Gasteiger partial charge < -0.3 is 5.32 Å². The molecule has 0 fully saturated rings. The topological polar surface area (TPSA) is 12.0 Å². The van der Waals surface area contributed by atoms with Crippen LogP contribution in [0.5, 0.6) is 0 Å². The molecule has 0 bridgehead atoms. The molecule has 1 heteroatoms. The summed E-state index contributed by atoms with van der Waals surface area (Å²) in [5.41, 5.74) is 4.32. The monoisotopic (exact) mass is 247 g/mol. The van der Waals surface area contributed by atoms with Crippen LogP contribution in [0.4, 0.5) is 5.69 Å². The third-order valence-electron chi connectivity index (χ3n) is 3.58. The van der Waals surface area contributed by atoms with E-state index in [9.17, 15) is 0 Å². The summed E-state index contributed by atoms with van der Waals surface area (Å²) in [6, 6.07) is 6.68. The second-order valence-corrected chi connectivity index (χ2v) is 5.00. The molecule has 0 aromatic heterocycles. The number of hydrogen-bond donors (Lipinski definition) is 1. The highest BCUT2D eigenvalue weighted by atomic mass is 14.9. The quantitative estimate of drug-likeness (QED) is 0.592. The minimum atomic E-state index is 1.12. The maximum absolute atomic E-state index is 3.66. The van der Waals surface area contributed by atoms with Crippen molar-refractivity contribution in [1.29, 1.82) is 0 Å². The Labute approximate surface area is 113 Å². The molecule has 0 heterocycles. The summed E-state index contributed by atoms with van der Waals surface area (Å²) in [6.45, 7) is 7.86. The van der Waals surface area contributed by atoms with Gasteiger partial charge in [0.25, 0.3) is 0 Å². The molecule has 0 saturated heterocycles. The van der Waals surface area contributed by atoms with Gasteiger partial charge in [0.1, 0.15) is 0 Å². The molecule has 1 aromatic rings. The number of hydrogen-bond acceptors (Lipinski definition) is 1. The Balaban J connectivity index is 2.45. The van der Waals surface area contributed by atoms with Crippen molar-refractivity contribution in [3.05, 3.63) is 29.3 Å². The van der Waals surface area contributed by atoms with E-state index in [4.69, 9.17) is 0 Å². The molecule has 0 saturated carbocycles. The average molecular weight is 247 g/mol. The fraction of sp³-hybridized carbons (Fsp3) is 0.647. The van der Waals surface area contributed by atoms with Crippen LogP contribution in [0.1, 0.15) is 64.0 Å². The summed E-state index contributed by atoms with van der Waals surface area (Å²) in [5.74, 6) is 0. The van der Waals surface area contributed by atoms with Crippen molar-refractivity contribution >= 4 is 5.69 Å². The lowest BCUT2D eigenvalue weighted by atomic mass is 10.0. The van der Waals surface area contributed by atoms with Gasteiger partial charge in [-0.1, -0.05) is 64.7 Å². The first-order valence-corrected chi connectivity index (χ1v) is 7.68. The van der Waals surface area contributed by atoms with E-state index in [1.54, 1.807) is 0 Å². The highest BCUT2D eigenvalue weighted by Gasteiger charge is 2.04. The molecule has 102 valence electrons. The van der Waals surface area contributed by atoms with Crippen molar-refractivity contribution in [2.24, 2.45) is 0 Å². The van der Waals surface area contributed by atoms with Gasteiger partial charge in [-0.3, -0.25) is 0 Å². The van der Waals surface area contributed by atoms with Gasteiger partial charge in [-0.05, 0) is 30.4 Å². The lowest BCUT2D eigenvalue weighted by Crippen LogP contribution is -2.06. The number of anilines is 1. The Morgan fingerprint density at radius 3 is 2.00 bits per heavy atom. The zero-order valence-corrected chi connectivity index (χ0v) is 12.4. The minimum absolute atomic E-state index is 1.12. The second kappa shape index (κ2) is 9.02. The lowest BCUT2D eigenvalue weighted by molar-refractivity contribution is 0.645. The van der Waals surface area contributed by atoms with Crippen LogP contribution in [0.3, 0.4) is 0 Å². The summed E-state index contributed by atoms with van der Waals surface area (Å²) in [5, 5.41) is 3.66. The minimum Gasteiger partial charge on any atom is -0.385 e. The lowest BCUT2D eigenvalue weighted by Gasteiger charge is -2.15. The molecular formula is C17H29N. The van der Waals surface area contributed by atoms with Gasteiger partial charge in [-0.25, -0.2) is 0 Å². The smallest absolute Gasteiger partial charge is 0.0405 e. The van der Waals surface area contributed by atoms with Crippen molar-refractivity contribution in [3.8, 4) is 0 Å². The van der Waals surface area contributed by atoms with Crippen LogP contribution in [0.2, 0.25) is 0 Å². The number of benzene rings is 1. The Morgan fingerprint density at radius 1 is 0.833 bits per heavy atom. The summed E-state index contributed by atoms with van der Waals surface area (Å²) in [4.78, 5) is 0. The Hall–Kier alpha value is -0.980. The summed E-state index contributed by atoms with van der Waals surface area (Å²) < 4.78 is 0. The molecule has 1 N–H and O–H groups in total. The van der Waals surface area contributed by atoms with Crippen molar-refractivity contribution in [1.82, 2.24) is 0 Å². The van der Waals surface area contributed by atoms with Gasteiger partial charge >= 0.3 is 0 Å². The number of nitrogens with one attached hydrogen (secondary N) is 1. The average Bonchev–Trinajstić information content (AvgIpc) is 2.42. The Bertz CT molecular complexity index is 308. The van der Waals surface area contributed by atoms with Crippen molar-refractivity contribution in [2.75, 3.05) is 11.9 Å². The highest BCUT2D eigenvalue weighted by Crippen LogP contribution is 2.22. The van der Waals surface area contributed by atoms with Crippen LogP contribution < -0.4 is 5.32 Å². The van der Waals surface area contributed by atoms with E-state index in [0.717, 1.165) is 19.4 Å². The zero-order chi connectivity index (χ0) is 13.2. The highest BCUT2D eigenvalue weighted by molar-refractivity contribution is 5.57. The standard InChI is InChI=1S/C17H29N/c1-4-7-8-9-10-14-18-17-15(5-2)12-11-13-16(17)6-3/h11-13,18H,4-10,14H2,1-3H3. The van der Waals surface area contributed by atoms with E-state index >= 15 is 0 Å². The molecule has 18 heavy (non-hydrogen) atoms. The van der Waals surface area contributed by atoms with Crippen LogP contribution in [0, 0.1) is 0 Å². The van der Waals surface area contributed by atoms with Crippen molar-refractivity contribution in [3.63, 3.8) is 0 Å². The molecule has 0 amide bonds. The number of unbranched alkanes of at least 4 members (excludes halogenated alkanes) is 4. The van der Waals surface area contributed by atoms with Crippen molar-refractivity contribution in [2.45, 2.75) is 65.7 Å². The third-order valence-corrected chi connectivity index (χ3v) is 3.58. The number of rotatable bonds is 9. The van der Waals surface area contributed by atoms with Gasteiger partial charge in [0, 0.05) is 12.2 Å². The van der Waals surface area contributed by atoms with E-state index < -0.39 is 0 Å². The molecule has 0 spiro atoms. The maximum atomic E-state index is 3.66. The predicted octanol–water partition coefficient (Wildman–Crippen LogP) is 5.19. The van der Waals surface area contributed by atoms with Crippen molar-refractivity contribution < 1.29 is 0 Å². The molecule has 0 unspecified atom stereocenters. The SMILES string of the molecule is CCCCCCCNc1c(CC)cccc1CC. The molecule has 0 aliphatic rings. The van der Waals surface area contributed by atoms with E-state index in [2.05, 4.69) is 44.3 Å². The molecule has 0 radical (unpaired) electrons. The molecule has 1 nitrogen and oxygen atoms in total. The fourth-order valence-electron chi connectivity index (χ4n) is 2.41. The van der Waals surface area contributed by atoms with Gasteiger partial charge in [0.2, 0.25) is 0 Å². The van der Waals surface area contributed by atoms with Crippen LogP contribution in [0.15, 0.2) is 18.2 Å². The van der Waals surface area contributed by atoms with E-state index in [1.165, 1.54) is 48.9 Å². The van der Waals surface area contributed by atoms with Gasteiger partial charge in [-0.2, -0.15) is 0 Å². The van der Waals surface area contributed by atoms with Gasteiger partial charge in [-0.15, -0.1) is 0 Å². The largest absolute Gasteiger partial charge is 0.385 e. The van der Waals surface area contributed by atoms with Gasteiger partial charge in [0.05, 0.1) is 0 Å². The normalized spacial score (nSPS) is 10.6. The number of para-hydroxylation sites is 1. The number of aryl methyl sites for hydroxylation is 2. The Morgan fingerprint density at radius 2 is 1.44 bits per heavy atom. The van der Waals surface area contributed by atoms with Gasteiger partial charge in [0.15, 0.2) is 0 Å². The molecule has 1 rings (SSSR count). The van der Waals surface area contributed by atoms with E-state index in [1.807, 2.05) is 0 Å². The molecular weight excluding hydrogens is 218 g/mol. The predicted molar refractivity (Wildman–Crippen MR) is 82.4 cm³/mol. The summed E-state index contributed by atoms with van der Waals surface area (Å²) in [6.07, 6.45) is 8.97. The maximum Gasteiger partial charge on any atom is 0.0405 e. The fourth-order valence-corrected chi connectivity index (χ4v) is 2.41. The van der Waals surface area contributed by atoms with Crippen LogP contribution in [-0.4, -0.2) is 6.54 Å². The molecule has 0 aliphatic carbocycles. The van der Waals surface area contributed by atoms with Crippen LogP contribution >= 0.6 is 0 Å². The van der Waals surface area contributed by atoms with E-state index in [-0.39, 0.29) is 0 Å². The van der Waals surface area contributed by atoms with Crippen LogP contribution in [0.25, 0.3) is 0 Å². The van der Waals surface area contributed by atoms with E-state index in [0.29, 0.717) is 0 Å². The van der Waals surface area contributed by atoms with Crippen LogP contribution in [-0.2, 0) is 12.8 Å². The molecule has 0 aliphatic heterocycles. The summed E-state index contributed by atoms with van der Waals surface area (Å²) in [7, 11) is 0. The Kier molecular flexibility index (Phi) is 7.55. The zero-order valence-electron chi connectivity index (χ0n) is 12.4. The molecule has 1 aromatic carbocycles. The third kappa shape index (κ3) is 4.72. The first-order chi connectivity index (χ1) is 8.83. The first kappa shape index (κ1) is 15.1. The summed E-state index contributed by atoms with van der Waals surface area (Å²) >= 11 is 0. The molecule has 0 atom stereocenters. The first-order valence-electron chi connectivity index (χ1n) is 7.68. The second-order valence-electron chi connectivity index (χ2n) is 5.00.